The van der Waals surface area contributed by atoms with Gasteiger partial charge in [-0.1, -0.05) is 19.9 Å². The van der Waals surface area contributed by atoms with Gasteiger partial charge in [0.1, 0.15) is 0 Å². The highest BCUT2D eigenvalue weighted by Gasteiger charge is 2.37. The molecule has 5 nitrogen and oxygen atoms in total. The smallest absolute Gasteiger partial charge is 0.264 e. The lowest BCUT2D eigenvalue weighted by Crippen LogP contribution is -2.53. The van der Waals surface area contributed by atoms with Gasteiger partial charge in [0.2, 0.25) is 5.91 Å². The van der Waals surface area contributed by atoms with Crippen LogP contribution in [0, 0.1) is 5.92 Å². The van der Waals surface area contributed by atoms with Crippen LogP contribution in [-0.4, -0.2) is 71.8 Å². The number of thiophene rings is 1. The van der Waals surface area contributed by atoms with Crippen molar-refractivity contribution in [2.24, 2.45) is 5.92 Å². The maximum absolute atomic E-state index is 12.6. The van der Waals surface area contributed by atoms with Crippen LogP contribution in [0.5, 0.6) is 0 Å². The molecule has 1 unspecified atom stereocenters. The molecule has 1 aromatic rings. The first kappa shape index (κ1) is 17.4. The third-order valence-electron chi connectivity index (χ3n) is 5.02. The van der Waals surface area contributed by atoms with Crippen LogP contribution in [0.15, 0.2) is 17.5 Å². The Labute approximate surface area is 148 Å². The molecule has 2 fully saturated rings. The number of amides is 2. The first-order valence-electron chi connectivity index (χ1n) is 8.92. The Bertz CT molecular complexity index is 565. The van der Waals surface area contributed by atoms with Gasteiger partial charge >= 0.3 is 0 Å². The Hall–Kier alpha value is -1.40. The number of hydrogen-bond donors (Lipinski definition) is 0. The maximum atomic E-state index is 12.6. The van der Waals surface area contributed by atoms with Crippen molar-refractivity contribution in [1.29, 1.82) is 0 Å². The van der Waals surface area contributed by atoms with Crippen molar-refractivity contribution in [2.45, 2.75) is 32.7 Å². The first-order valence-corrected chi connectivity index (χ1v) is 9.80. The van der Waals surface area contributed by atoms with Crippen molar-refractivity contribution in [3.63, 3.8) is 0 Å². The van der Waals surface area contributed by atoms with E-state index in [2.05, 4.69) is 18.7 Å². The molecule has 24 heavy (non-hydrogen) atoms. The second kappa shape index (κ2) is 7.66. The fraction of sp³-hybridized carbons (Fsp3) is 0.667. The summed E-state index contributed by atoms with van der Waals surface area (Å²) in [6, 6.07) is 3.82. The highest BCUT2D eigenvalue weighted by molar-refractivity contribution is 7.12. The van der Waals surface area contributed by atoms with Crippen molar-refractivity contribution < 1.29 is 9.59 Å². The molecule has 2 aliphatic heterocycles. The summed E-state index contributed by atoms with van der Waals surface area (Å²) in [5.41, 5.74) is 0. The molecule has 1 atom stereocenters. The van der Waals surface area contributed by atoms with Gasteiger partial charge in [0, 0.05) is 39.3 Å². The summed E-state index contributed by atoms with van der Waals surface area (Å²) >= 11 is 1.49. The van der Waals surface area contributed by atoms with Gasteiger partial charge in [0.15, 0.2) is 0 Å². The van der Waals surface area contributed by atoms with Crippen molar-refractivity contribution in [3.8, 4) is 0 Å². The molecule has 0 aromatic carbocycles. The molecule has 0 spiro atoms. The molecule has 3 heterocycles. The van der Waals surface area contributed by atoms with Gasteiger partial charge in [-0.25, -0.2) is 0 Å². The van der Waals surface area contributed by atoms with Gasteiger partial charge in [-0.15, -0.1) is 11.3 Å². The minimum absolute atomic E-state index is 0.0242. The zero-order valence-electron chi connectivity index (χ0n) is 14.6. The van der Waals surface area contributed by atoms with Gasteiger partial charge < -0.3 is 9.80 Å². The predicted octanol–water partition coefficient (Wildman–Crippen LogP) is 2.15. The quantitative estimate of drug-likeness (QED) is 0.818. The van der Waals surface area contributed by atoms with Crippen LogP contribution in [-0.2, 0) is 4.79 Å². The van der Waals surface area contributed by atoms with Gasteiger partial charge in [-0.05, 0) is 30.2 Å². The largest absolute Gasteiger partial charge is 0.341 e. The average molecular weight is 350 g/mol. The minimum atomic E-state index is 0.0242. The lowest BCUT2D eigenvalue weighted by Gasteiger charge is -2.37. The molecule has 3 rings (SSSR count). The van der Waals surface area contributed by atoms with Crippen LogP contribution >= 0.6 is 11.3 Å². The zero-order valence-corrected chi connectivity index (χ0v) is 15.4. The first-order chi connectivity index (χ1) is 11.6. The normalized spacial score (nSPS) is 22.6. The predicted molar refractivity (Wildman–Crippen MR) is 96.2 cm³/mol. The number of likely N-dealkylation sites (tertiary alicyclic amines) is 1. The zero-order chi connectivity index (χ0) is 17.1. The third-order valence-corrected chi connectivity index (χ3v) is 5.88. The molecule has 0 N–H and O–H groups in total. The molecule has 1 aromatic heterocycles. The second-order valence-electron chi connectivity index (χ2n) is 7.12. The van der Waals surface area contributed by atoms with Gasteiger partial charge in [-0.2, -0.15) is 0 Å². The highest BCUT2D eigenvalue weighted by atomic mass is 32.1. The lowest BCUT2D eigenvalue weighted by atomic mass is 10.1. The van der Waals surface area contributed by atoms with Crippen LogP contribution in [0.3, 0.4) is 0 Å². The Morgan fingerprint density at radius 2 is 2.00 bits per heavy atom. The topological polar surface area (TPSA) is 43.9 Å². The molecule has 2 amide bonds. The minimum Gasteiger partial charge on any atom is -0.341 e. The van der Waals surface area contributed by atoms with E-state index in [9.17, 15) is 9.59 Å². The summed E-state index contributed by atoms with van der Waals surface area (Å²) in [7, 11) is 0. The summed E-state index contributed by atoms with van der Waals surface area (Å²) in [6.07, 6.45) is 2.00. The number of piperazine rings is 1. The number of rotatable bonds is 5. The molecular formula is C18H27N3O2S. The average Bonchev–Trinajstić information content (AvgIpc) is 3.22. The van der Waals surface area contributed by atoms with E-state index in [0.717, 1.165) is 43.9 Å². The number of nitrogens with zero attached hydrogens (tertiary/aromatic N) is 3. The molecule has 132 valence electrons. The van der Waals surface area contributed by atoms with E-state index in [1.165, 1.54) is 11.3 Å². The second-order valence-corrected chi connectivity index (χ2v) is 8.07. The van der Waals surface area contributed by atoms with Crippen LogP contribution < -0.4 is 0 Å². The fourth-order valence-corrected chi connectivity index (χ4v) is 4.18. The van der Waals surface area contributed by atoms with Crippen LogP contribution in [0.4, 0.5) is 0 Å². The lowest BCUT2D eigenvalue weighted by molar-refractivity contribution is -0.132. The summed E-state index contributed by atoms with van der Waals surface area (Å²) < 4.78 is 0. The molecule has 2 aliphatic rings. The molecule has 0 bridgehead atoms. The Kier molecular flexibility index (Phi) is 5.56. The summed E-state index contributed by atoms with van der Waals surface area (Å²) in [6.45, 7) is 9.17. The summed E-state index contributed by atoms with van der Waals surface area (Å²) in [5.74, 6) is 1.04. The van der Waals surface area contributed by atoms with E-state index < -0.39 is 0 Å². The van der Waals surface area contributed by atoms with E-state index in [4.69, 9.17) is 0 Å². The molecule has 6 heteroatoms. The van der Waals surface area contributed by atoms with E-state index in [0.29, 0.717) is 19.0 Å². The molecule has 0 aliphatic carbocycles. The third kappa shape index (κ3) is 3.81. The standard InChI is InChI=1S/C18H27N3O2S/c1-14(2)5-7-20-8-6-15(17(20)22)19-9-11-21(12-10-19)18(23)16-4-3-13-24-16/h3-4,13-15H,5-12H2,1-2H3. The Balaban J connectivity index is 1.50. The molecule has 2 saturated heterocycles. The van der Waals surface area contributed by atoms with Crippen molar-refractivity contribution in [2.75, 3.05) is 39.3 Å². The fourth-order valence-electron chi connectivity index (χ4n) is 3.49. The van der Waals surface area contributed by atoms with Gasteiger partial charge in [0.25, 0.3) is 5.91 Å². The number of carbonyl (C=O) groups excluding carboxylic acids is 2. The highest BCUT2D eigenvalue weighted by Crippen LogP contribution is 2.21. The van der Waals surface area contributed by atoms with Gasteiger partial charge in [0.05, 0.1) is 10.9 Å². The van der Waals surface area contributed by atoms with Gasteiger partial charge in [-0.3, -0.25) is 14.5 Å². The van der Waals surface area contributed by atoms with E-state index in [1.807, 2.05) is 27.3 Å². The van der Waals surface area contributed by atoms with Crippen LogP contribution in [0.1, 0.15) is 36.4 Å². The summed E-state index contributed by atoms with van der Waals surface area (Å²) in [5, 5.41) is 1.94. The number of hydrogen-bond acceptors (Lipinski definition) is 4. The van der Waals surface area contributed by atoms with Crippen LogP contribution in [0.2, 0.25) is 0 Å². The SMILES string of the molecule is CC(C)CCN1CCC(N2CCN(C(=O)c3cccs3)CC2)C1=O. The van der Waals surface area contributed by atoms with E-state index in [-0.39, 0.29) is 17.9 Å². The molecule has 0 radical (unpaired) electrons. The van der Waals surface area contributed by atoms with Crippen molar-refractivity contribution >= 4 is 23.2 Å². The maximum Gasteiger partial charge on any atom is 0.264 e. The monoisotopic (exact) mass is 349 g/mol. The number of carbonyl (C=O) groups is 2. The van der Waals surface area contributed by atoms with Crippen molar-refractivity contribution in [1.82, 2.24) is 14.7 Å². The van der Waals surface area contributed by atoms with Crippen LogP contribution in [0.25, 0.3) is 0 Å². The Morgan fingerprint density at radius 3 is 2.62 bits per heavy atom. The molecule has 0 saturated carbocycles. The van der Waals surface area contributed by atoms with E-state index >= 15 is 0 Å². The Morgan fingerprint density at radius 1 is 1.25 bits per heavy atom. The van der Waals surface area contributed by atoms with E-state index in [1.54, 1.807) is 0 Å². The van der Waals surface area contributed by atoms with Crippen molar-refractivity contribution in [3.05, 3.63) is 22.4 Å². The summed E-state index contributed by atoms with van der Waals surface area (Å²) in [4.78, 5) is 32.0. The molecular weight excluding hydrogens is 322 g/mol.